The average Bonchev–Trinajstić information content (AvgIpc) is 3.36. The van der Waals surface area contributed by atoms with Crippen LogP contribution in [-0.4, -0.2) is 43.8 Å². The summed E-state index contributed by atoms with van der Waals surface area (Å²) in [5.74, 6) is 0.434. The molecule has 1 amide bonds. The molecule has 0 bridgehead atoms. The summed E-state index contributed by atoms with van der Waals surface area (Å²) in [6, 6.07) is 9.86. The quantitative estimate of drug-likeness (QED) is 0.683. The standard InChI is InChI=1S/C18H16ClN5O3/c19-13-5-3-12(4-6-13)17-20-18(27-22-17)14-7-8-15(25)24(21-14)11-16(26)23-9-1-2-10-23/h3-8H,1-2,9-11H2. The number of hydrogen-bond donors (Lipinski definition) is 0. The number of halogens is 1. The van der Waals surface area contributed by atoms with Gasteiger partial charge in [-0.3, -0.25) is 9.59 Å². The Hall–Kier alpha value is -3.00. The maximum atomic E-state index is 12.3. The number of aromatic nitrogens is 4. The van der Waals surface area contributed by atoms with Crippen LogP contribution in [0.15, 0.2) is 45.7 Å². The van der Waals surface area contributed by atoms with Crippen molar-refractivity contribution in [3.05, 3.63) is 51.8 Å². The Kier molecular flexibility index (Phi) is 4.72. The van der Waals surface area contributed by atoms with Gasteiger partial charge in [0.1, 0.15) is 12.2 Å². The van der Waals surface area contributed by atoms with Gasteiger partial charge in [0.15, 0.2) is 0 Å². The van der Waals surface area contributed by atoms with E-state index in [-0.39, 0.29) is 23.9 Å². The van der Waals surface area contributed by atoms with Crippen LogP contribution >= 0.6 is 11.6 Å². The molecule has 8 nitrogen and oxygen atoms in total. The van der Waals surface area contributed by atoms with Gasteiger partial charge in [0.2, 0.25) is 11.7 Å². The third-order valence-electron chi connectivity index (χ3n) is 4.36. The zero-order chi connectivity index (χ0) is 18.8. The highest BCUT2D eigenvalue weighted by Gasteiger charge is 2.20. The van der Waals surface area contributed by atoms with Crippen molar-refractivity contribution >= 4 is 17.5 Å². The molecule has 1 aromatic carbocycles. The Labute approximate surface area is 159 Å². The first-order valence-electron chi connectivity index (χ1n) is 8.56. The molecular formula is C18H16ClN5O3. The number of rotatable bonds is 4. The Morgan fingerprint density at radius 3 is 2.59 bits per heavy atom. The van der Waals surface area contributed by atoms with Gasteiger partial charge in [-0.05, 0) is 43.2 Å². The monoisotopic (exact) mass is 385 g/mol. The van der Waals surface area contributed by atoms with E-state index in [9.17, 15) is 9.59 Å². The number of likely N-dealkylation sites (tertiary alicyclic amines) is 1. The van der Waals surface area contributed by atoms with Crippen LogP contribution in [0.4, 0.5) is 0 Å². The largest absolute Gasteiger partial charge is 0.341 e. The van der Waals surface area contributed by atoms with Crippen LogP contribution in [0, 0.1) is 0 Å². The van der Waals surface area contributed by atoms with Gasteiger partial charge in [-0.15, -0.1) is 0 Å². The normalized spacial score (nSPS) is 13.9. The summed E-state index contributed by atoms with van der Waals surface area (Å²) in [5, 5.41) is 8.76. The number of carbonyl (C=O) groups excluding carboxylic acids is 1. The van der Waals surface area contributed by atoms with E-state index in [2.05, 4.69) is 15.2 Å². The highest BCUT2D eigenvalue weighted by molar-refractivity contribution is 6.30. The lowest BCUT2D eigenvalue weighted by Crippen LogP contribution is -2.35. The summed E-state index contributed by atoms with van der Waals surface area (Å²) in [7, 11) is 0. The first kappa shape index (κ1) is 17.4. The molecule has 1 saturated heterocycles. The summed E-state index contributed by atoms with van der Waals surface area (Å²) >= 11 is 5.88. The van der Waals surface area contributed by atoms with Gasteiger partial charge in [0.05, 0.1) is 0 Å². The van der Waals surface area contributed by atoms with Crippen molar-refractivity contribution < 1.29 is 9.32 Å². The molecule has 138 valence electrons. The van der Waals surface area contributed by atoms with Crippen LogP contribution < -0.4 is 5.56 Å². The Morgan fingerprint density at radius 1 is 1.11 bits per heavy atom. The maximum absolute atomic E-state index is 12.3. The van der Waals surface area contributed by atoms with Crippen molar-refractivity contribution in [2.24, 2.45) is 0 Å². The van der Waals surface area contributed by atoms with Gasteiger partial charge in [-0.2, -0.15) is 10.1 Å². The van der Waals surface area contributed by atoms with Crippen molar-refractivity contribution in [2.45, 2.75) is 19.4 Å². The minimum Gasteiger partial charge on any atom is -0.341 e. The summed E-state index contributed by atoms with van der Waals surface area (Å²) in [6.45, 7) is 1.34. The van der Waals surface area contributed by atoms with E-state index in [4.69, 9.17) is 16.1 Å². The molecule has 3 heterocycles. The van der Waals surface area contributed by atoms with E-state index in [1.807, 2.05) is 0 Å². The SMILES string of the molecule is O=C(Cn1nc(-c2nc(-c3ccc(Cl)cc3)no2)ccc1=O)N1CCCC1. The fourth-order valence-electron chi connectivity index (χ4n) is 2.91. The number of benzene rings is 1. The lowest BCUT2D eigenvalue weighted by molar-refractivity contribution is -0.131. The van der Waals surface area contributed by atoms with Gasteiger partial charge >= 0.3 is 0 Å². The zero-order valence-corrected chi connectivity index (χ0v) is 15.1. The molecule has 0 spiro atoms. The van der Waals surface area contributed by atoms with Crippen molar-refractivity contribution in [3.63, 3.8) is 0 Å². The Morgan fingerprint density at radius 2 is 1.85 bits per heavy atom. The van der Waals surface area contributed by atoms with Crippen molar-refractivity contribution in [2.75, 3.05) is 13.1 Å². The molecule has 0 saturated carbocycles. The Bertz CT molecular complexity index is 1020. The number of carbonyl (C=O) groups is 1. The molecule has 0 unspecified atom stereocenters. The van der Waals surface area contributed by atoms with Gasteiger partial charge in [-0.1, -0.05) is 16.8 Å². The third kappa shape index (κ3) is 3.75. The summed E-state index contributed by atoms with van der Waals surface area (Å²) in [4.78, 5) is 30.4. The number of amides is 1. The molecule has 1 fully saturated rings. The van der Waals surface area contributed by atoms with Crippen molar-refractivity contribution in [1.29, 1.82) is 0 Å². The van der Waals surface area contributed by atoms with E-state index < -0.39 is 0 Å². The van der Waals surface area contributed by atoms with Crippen LogP contribution in [0.5, 0.6) is 0 Å². The molecule has 1 aliphatic heterocycles. The fourth-order valence-corrected chi connectivity index (χ4v) is 3.04. The van der Waals surface area contributed by atoms with E-state index in [1.165, 1.54) is 12.1 Å². The lowest BCUT2D eigenvalue weighted by Gasteiger charge is -2.15. The first-order chi connectivity index (χ1) is 13.1. The fraction of sp³-hybridized carbons (Fsp3) is 0.278. The minimum absolute atomic E-state index is 0.106. The molecule has 9 heteroatoms. The molecular weight excluding hydrogens is 370 g/mol. The minimum atomic E-state index is -0.358. The molecule has 0 atom stereocenters. The second-order valence-corrected chi connectivity index (χ2v) is 6.67. The molecule has 1 aliphatic rings. The number of hydrogen-bond acceptors (Lipinski definition) is 6. The molecule has 4 rings (SSSR count). The highest BCUT2D eigenvalue weighted by Crippen LogP contribution is 2.21. The van der Waals surface area contributed by atoms with Gasteiger partial charge < -0.3 is 9.42 Å². The molecule has 3 aromatic rings. The predicted molar refractivity (Wildman–Crippen MR) is 98.0 cm³/mol. The van der Waals surface area contributed by atoms with Crippen molar-refractivity contribution in [3.8, 4) is 23.0 Å². The zero-order valence-electron chi connectivity index (χ0n) is 14.3. The van der Waals surface area contributed by atoms with Gasteiger partial charge in [0, 0.05) is 29.7 Å². The lowest BCUT2D eigenvalue weighted by atomic mass is 10.2. The summed E-state index contributed by atoms with van der Waals surface area (Å²) in [5.41, 5.74) is 0.715. The van der Waals surface area contributed by atoms with Crippen LogP contribution in [0.2, 0.25) is 5.02 Å². The van der Waals surface area contributed by atoms with Crippen molar-refractivity contribution in [1.82, 2.24) is 24.8 Å². The van der Waals surface area contributed by atoms with Crippen LogP contribution in [0.1, 0.15) is 12.8 Å². The summed E-state index contributed by atoms with van der Waals surface area (Å²) < 4.78 is 6.39. The molecule has 2 aromatic heterocycles. The smallest absolute Gasteiger partial charge is 0.278 e. The topological polar surface area (TPSA) is 94.1 Å². The second-order valence-electron chi connectivity index (χ2n) is 6.23. The van der Waals surface area contributed by atoms with Crippen LogP contribution in [0.3, 0.4) is 0 Å². The third-order valence-corrected chi connectivity index (χ3v) is 4.61. The van der Waals surface area contributed by atoms with Crippen LogP contribution in [-0.2, 0) is 11.3 Å². The molecule has 27 heavy (non-hydrogen) atoms. The predicted octanol–water partition coefficient (Wildman–Crippen LogP) is 2.24. The van der Waals surface area contributed by atoms with E-state index >= 15 is 0 Å². The summed E-state index contributed by atoms with van der Waals surface area (Å²) in [6.07, 6.45) is 1.98. The highest BCUT2D eigenvalue weighted by atomic mass is 35.5. The Balaban J connectivity index is 1.58. The number of nitrogens with zero attached hydrogens (tertiary/aromatic N) is 5. The van der Waals surface area contributed by atoms with Gasteiger partial charge in [-0.25, -0.2) is 4.68 Å². The maximum Gasteiger partial charge on any atom is 0.278 e. The van der Waals surface area contributed by atoms with Crippen LogP contribution in [0.25, 0.3) is 23.0 Å². The van der Waals surface area contributed by atoms with E-state index in [1.54, 1.807) is 29.2 Å². The molecule has 0 radical (unpaired) electrons. The average molecular weight is 386 g/mol. The van der Waals surface area contributed by atoms with Gasteiger partial charge in [0.25, 0.3) is 11.4 Å². The van der Waals surface area contributed by atoms with E-state index in [0.717, 1.165) is 36.2 Å². The van der Waals surface area contributed by atoms with E-state index in [0.29, 0.717) is 16.5 Å². The molecule has 0 N–H and O–H groups in total. The first-order valence-corrected chi connectivity index (χ1v) is 8.94. The molecule has 0 aliphatic carbocycles. The second kappa shape index (κ2) is 7.32.